The first-order valence-electron chi connectivity index (χ1n) is 7.40. The van der Waals surface area contributed by atoms with E-state index in [1.54, 1.807) is 0 Å². The third-order valence-corrected chi connectivity index (χ3v) is 6.07. The standard InChI is InChI=1S/C16H15BrN2O7S/c1-19(2)27(23,24)13-8-10(5-6-11(13)17)16(22)26-9-14(20)18-15(21)12-4-3-7-25-12/h3-8H,9H2,1-2H3,(H,18,20,21). The van der Waals surface area contributed by atoms with E-state index in [-0.39, 0.29) is 20.7 Å². The maximum Gasteiger partial charge on any atom is 0.338 e. The summed E-state index contributed by atoms with van der Waals surface area (Å²) in [4.78, 5) is 35.3. The molecule has 1 aromatic heterocycles. The van der Waals surface area contributed by atoms with Crippen LogP contribution < -0.4 is 5.32 Å². The topological polar surface area (TPSA) is 123 Å². The Hall–Kier alpha value is -2.50. The molecule has 0 aliphatic rings. The summed E-state index contributed by atoms with van der Waals surface area (Å²) in [6.07, 6.45) is 1.27. The molecule has 0 saturated carbocycles. The van der Waals surface area contributed by atoms with Crippen molar-refractivity contribution in [3.05, 3.63) is 52.4 Å². The Labute approximate surface area is 163 Å². The molecule has 2 rings (SSSR count). The Kier molecular flexibility index (Phi) is 6.52. The molecule has 0 aliphatic carbocycles. The summed E-state index contributed by atoms with van der Waals surface area (Å²) in [6, 6.07) is 6.70. The summed E-state index contributed by atoms with van der Waals surface area (Å²) in [5, 5.41) is 1.99. The van der Waals surface area contributed by atoms with Crippen LogP contribution in [0.15, 0.2) is 50.4 Å². The Balaban J connectivity index is 2.04. The van der Waals surface area contributed by atoms with Gasteiger partial charge in [0.1, 0.15) is 0 Å². The first-order chi connectivity index (χ1) is 12.6. The van der Waals surface area contributed by atoms with Gasteiger partial charge >= 0.3 is 5.97 Å². The van der Waals surface area contributed by atoms with Crippen LogP contribution in [0.25, 0.3) is 0 Å². The second kappa shape index (κ2) is 8.46. The van der Waals surface area contributed by atoms with Crippen molar-refractivity contribution < 1.29 is 32.0 Å². The van der Waals surface area contributed by atoms with Crippen LogP contribution in [-0.4, -0.2) is 51.2 Å². The molecule has 9 nitrogen and oxygen atoms in total. The summed E-state index contributed by atoms with van der Waals surface area (Å²) >= 11 is 3.12. The van der Waals surface area contributed by atoms with Gasteiger partial charge in [0.05, 0.1) is 16.7 Å². The fourth-order valence-electron chi connectivity index (χ4n) is 1.87. The summed E-state index contributed by atoms with van der Waals surface area (Å²) in [5.74, 6) is -2.62. The first kappa shape index (κ1) is 20.8. The monoisotopic (exact) mass is 458 g/mol. The molecule has 11 heteroatoms. The molecule has 1 N–H and O–H groups in total. The lowest BCUT2D eigenvalue weighted by atomic mass is 10.2. The van der Waals surface area contributed by atoms with Gasteiger partial charge in [0.15, 0.2) is 12.4 Å². The zero-order valence-electron chi connectivity index (χ0n) is 14.3. The van der Waals surface area contributed by atoms with Crippen LogP contribution in [0.4, 0.5) is 0 Å². The molecule has 144 valence electrons. The minimum absolute atomic E-state index is 0.0659. The first-order valence-corrected chi connectivity index (χ1v) is 9.63. The molecule has 1 heterocycles. The Morgan fingerprint density at radius 2 is 1.93 bits per heavy atom. The minimum atomic E-state index is -3.79. The number of sulfonamides is 1. The highest BCUT2D eigenvalue weighted by Crippen LogP contribution is 2.25. The number of rotatable bonds is 6. The smallest absolute Gasteiger partial charge is 0.338 e. The van der Waals surface area contributed by atoms with Gasteiger partial charge in [-0.2, -0.15) is 0 Å². The van der Waals surface area contributed by atoms with Crippen LogP contribution in [0.1, 0.15) is 20.9 Å². The van der Waals surface area contributed by atoms with Gasteiger partial charge in [-0.05, 0) is 46.3 Å². The lowest BCUT2D eigenvalue weighted by Crippen LogP contribution is -2.34. The van der Waals surface area contributed by atoms with Gasteiger partial charge in [-0.3, -0.25) is 14.9 Å². The maximum atomic E-state index is 12.3. The van der Waals surface area contributed by atoms with Crippen LogP contribution in [0.2, 0.25) is 0 Å². The van der Waals surface area contributed by atoms with Gasteiger partial charge < -0.3 is 9.15 Å². The third-order valence-electron chi connectivity index (χ3n) is 3.26. The number of furan rings is 1. The second-order valence-electron chi connectivity index (χ2n) is 5.36. The number of nitrogens with one attached hydrogen (secondary N) is 1. The van der Waals surface area contributed by atoms with Crippen molar-refractivity contribution in [1.82, 2.24) is 9.62 Å². The fourth-order valence-corrected chi connectivity index (χ4v) is 3.72. The molecular formula is C16H15BrN2O7S. The lowest BCUT2D eigenvalue weighted by molar-refractivity contribution is -0.123. The molecular weight excluding hydrogens is 444 g/mol. The van der Waals surface area contributed by atoms with Gasteiger partial charge in [-0.25, -0.2) is 17.5 Å². The number of nitrogens with zero attached hydrogens (tertiary/aromatic N) is 1. The van der Waals surface area contributed by atoms with E-state index >= 15 is 0 Å². The van der Waals surface area contributed by atoms with E-state index in [1.807, 2.05) is 5.32 Å². The average molecular weight is 459 g/mol. The van der Waals surface area contributed by atoms with Gasteiger partial charge in [-0.15, -0.1) is 0 Å². The van der Waals surface area contributed by atoms with Crippen molar-refractivity contribution in [2.45, 2.75) is 4.90 Å². The van der Waals surface area contributed by atoms with Crippen LogP contribution in [0.3, 0.4) is 0 Å². The quantitative estimate of drug-likeness (QED) is 0.648. The van der Waals surface area contributed by atoms with E-state index in [0.29, 0.717) is 0 Å². The molecule has 0 unspecified atom stereocenters. The fraction of sp³-hybridized carbons (Fsp3) is 0.188. The number of hydrogen-bond donors (Lipinski definition) is 1. The Morgan fingerprint density at radius 1 is 1.22 bits per heavy atom. The van der Waals surface area contributed by atoms with Crippen molar-refractivity contribution in [3.8, 4) is 0 Å². The molecule has 27 heavy (non-hydrogen) atoms. The number of imide groups is 1. The molecule has 0 aliphatic heterocycles. The number of carbonyl (C=O) groups excluding carboxylic acids is 3. The molecule has 0 atom stereocenters. The third kappa shape index (κ3) is 5.02. The van der Waals surface area contributed by atoms with Crippen molar-refractivity contribution >= 4 is 43.7 Å². The minimum Gasteiger partial charge on any atom is -0.459 e. The highest BCUT2D eigenvalue weighted by molar-refractivity contribution is 9.10. The van der Waals surface area contributed by atoms with Crippen LogP contribution in [0.5, 0.6) is 0 Å². The van der Waals surface area contributed by atoms with Crippen LogP contribution in [0, 0.1) is 0 Å². The second-order valence-corrected chi connectivity index (χ2v) is 8.34. The zero-order valence-corrected chi connectivity index (χ0v) is 16.7. The van der Waals surface area contributed by atoms with Crippen LogP contribution in [-0.2, 0) is 19.6 Å². The summed E-state index contributed by atoms with van der Waals surface area (Å²) in [7, 11) is -1.08. The normalized spacial score (nSPS) is 11.3. The van der Waals surface area contributed by atoms with Crippen LogP contribution >= 0.6 is 15.9 Å². The SMILES string of the molecule is CN(C)S(=O)(=O)c1cc(C(=O)OCC(=O)NC(=O)c2ccco2)ccc1Br. The van der Waals surface area contributed by atoms with Gasteiger partial charge in [0, 0.05) is 18.6 Å². The summed E-state index contributed by atoms with van der Waals surface area (Å²) in [6.45, 7) is -0.725. The number of hydrogen-bond acceptors (Lipinski definition) is 7. The molecule has 0 radical (unpaired) electrons. The number of halogens is 1. The Morgan fingerprint density at radius 3 is 2.52 bits per heavy atom. The highest BCUT2D eigenvalue weighted by Gasteiger charge is 2.23. The molecule has 0 spiro atoms. The van der Waals surface area contributed by atoms with Crippen molar-refractivity contribution in [1.29, 1.82) is 0 Å². The molecule has 0 bridgehead atoms. The highest BCUT2D eigenvalue weighted by atomic mass is 79.9. The summed E-state index contributed by atoms with van der Waals surface area (Å²) < 4.78 is 35.4. The average Bonchev–Trinajstić information content (AvgIpc) is 3.14. The molecule has 0 saturated heterocycles. The van der Waals surface area contributed by atoms with Gasteiger partial charge in [0.2, 0.25) is 10.0 Å². The number of ether oxygens (including phenoxy) is 1. The molecule has 2 amide bonds. The van der Waals surface area contributed by atoms with Gasteiger partial charge in [0.25, 0.3) is 11.8 Å². The zero-order chi connectivity index (χ0) is 20.2. The van der Waals surface area contributed by atoms with Crippen molar-refractivity contribution in [2.75, 3.05) is 20.7 Å². The predicted octanol–water partition coefficient (Wildman–Crippen LogP) is 1.41. The lowest BCUT2D eigenvalue weighted by Gasteiger charge is -2.13. The largest absolute Gasteiger partial charge is 0.459 e. The van der Waals surface area contributed by atoms with E-state index < -0.39 is 34.4 Å². The number of amides is 2. The predicted molar refractivity (Wildman–Crippen MR) is 96.5 cm³/mol. The molecule has 1 aromatic carbocycles. The number of benzene rings is 1. The summed E-state index contributed by atoms with van der Waals surface area (Å²) in [5.41, 5.74) is -0.0659. The molecule has 2 aromatic rings. The molecule has 0 fully saturated rings. The van der Waals surface area contributed by atoms with Crippen molar-refractivity contribution in [3.63, 3.8) is 0 Å². The van der Waals surface area contributed by atoms with E-state index in [4.69, 9.17) is 9.15 Å². The van der Waals surface area contributed by atoms with E-state index in [0.717, 1.165) is 10.4 Å². The Bertz CT molecular complexity index is 969. The van der Waals surface area contributed by atoms with E-state index in [9.17, 15) is 22.8 Å². The number of carbonyl (C=O) groups is 3. The maximum absolute atomic E-state index is 12.3. The van der Waals surface area contributed by atoms with E-state index in [2.05, 4.69) is 15.9 Å². The van der Waals surface area contributed by atoms with E-state index in [1.165, 1.54) is 44.6 Å². The number of esters is 1. The van der Waals surface area contributed by atoms with Gasteiger partial charge in [-0.1, -0.05) is 0 Å². The van der Waals surface area contributed by atoms with Crippen molar-refractivity contribution in [2.24, 2.45) is 0 Å².